The Morgan fingerprint density at radius 3 is 2.39 bits per heavy atom. The summed E-state index contributed by atoms with van der Waals surface area (Å²) in [7, 11) is 0. The molecule has 6 rings (SSSR count). The van der Waals surface area contributed by atoms with E-state index in [4.69, 9.17) is 23.2 Å². The summed E-state index contributed by atoms with van der Waals surface area (Å²) in [4.78, 5) is 45.1. The van der Waals surface area contributed by atoms with Gasteiger partial charge in [-0.1, -0.05) is 89.9 Å². The number of benzene rings is 5. The van der Waals surface area contributed by atoms with Gasteiger partial charge in [0.25, 0.3) is 11.8 Å². The summed E-state index contributed by atoms with van der Waals surface area (Å²) in [5.41, 5.74) is 3.11. The molecule has 3 amide bonds. The third kappa shape index (κ3) is 8.76. The third-order valence-corrected chi connectivity index (χ3v) is 9.76. The zero-order valence-electron chi connectivity index (χ0n) is 25.9. The summed E-state index contributed by atoms with van der Waals surface area (Å²) in [6, 6.07) is 34.8. The number of thioether (sulfide) groups is 1. The number of anilines is 2. The van der Waals surface area contributed by atoms with Crippen molar-refractivity contribution >= 4 is 91.7 Å². The summed E-state index contributed by atoms with van der Waals surface area (Å²) in [6.07, 6.45) is 1.49. The molecule has 11 heteroatoms. The number of rotatable bonds is 10. The van der Waals surface area contributed by atoms with Gasteiger partial charge in [-0.05, 0) is 77.9 Å². The van der Waals surface area contributed by atoms with Crippen molar-refractivity contribution in [3.05, 3.63) is 148 Å². The number of nitrogens with one attached hydrogen (secondary N) is 3. The van der Waals surface area contributed by atoms with Crippen molar-refractivity contribution in [3.8, 4) is 11.3 Å². The van der Waals surface area contributed by atoms with Crippen LogP contribution in [-0.2, 0) is 9.59 Å². The predicted molar refractivity (Wildman–Crippen MR) is 202 cm³/mol. The van der Waals surface area contributed by atoms with Gasteiger partial charge in [-0.25, -0.2) is 4.98 Å². The van der Waals surface area contributed by atoms with E-state index in [-0.39, 0.29) is 11.6 Å². The summed E-state index contributed by atoms with van der Waals surface area (Å²) in [5, 5.41) is 13.5. The molecule has 0 aliphatic rings. The van der Waals surface area contributed by atoms with E-state index in [0.29, 0.717) is 32.0 Å². The highest BCUT2D eigenvalue weighted by Gasteiger charge is 2.19. The normalized spacial score (nSPS) is 11.9. The van der Waals surface area contributed by atoms with Crippen molar-refractivity contribution in [1.82, 2.24) is 10.3 Å². The minimum Gasteiger partial charge on any atom is -0.321 e. The van der Waals surface area contributed by atoms with Crippen molar-refractivity contribution in [1.29, 1.82) is 0 Å². The lowest BCUT2D eigenvalue weighted by Gasteiger charge is -2.14. The average Bonchev–Trinajstić information content (AvgIpc) is 3.57. The molecule has 1 aromatic heterocycles. The fourth-order valence-electron chi connectivity index (χ4n) is 4.84. The van der Waals surface area contributed by atoms with E-state index in [1.54, 1.807) is 73.7 Å². The smallest absolute Gasteiger partial charge is 0.272 e. The number of carbonyl (C=O) groups is 3. The molecule has 49 heavy (non-hydrogen) atoms. The number of fused-ring (bicyclic) bond motifs is 1. The highest BCUT2D eigenvalue weighted by Crippen LogP contribution is 2.30. The van der Waals surface area contributed by atoms with Gasteiger partial charge >= 0.3 is 0 Å². The molecular formula is C38H28Cl2N4O3S2. The highest BCUT2D eigenvalue weighted by atomic mass is 35.5. The first-order valence-electron chi connectivity index (χ1n) is 15.1. The molecule has 0 saturated heterocycles. The number of carbonyl (C=O) groups excluding carboxylic acids is 3. The lowest BCUT2D eigenvalue weighted by molar-refractivity contribution is -0.115. The molecule has 0 aliphatic carbocycles. The van der Waals surface area contributed by atoms with Crippen LogP contribution in [0.15, 0.2) is 131 Å². The maximum atomic E-state index is 13.5. The van der Waals surface area contributed by atoms with Crippen LogP contribution in [0.3, 0.4) is 0 Å². The Hall–Kier alpha value is -4.93. The van der Waals surface area contributed by atoms with Gasteiger partial charge in [0.1, 0.15) is 5.70 Å². The minimum atomic E-state index is -0.561. The van der Waals surface area contributed by atoms with E-state index in [2.05, 4.69) is 45.2 Å². The number of hydrogen-bond acceptors (Lipinski definition) is 6. The Bertz CT molecular complexity index is 2200. The Kier molecular flexibility index (Phi) is 10.8. The van der Waals surface area contributed by atoms with Crippen LogP contribution in [0.25, 0.3) is 28.1 Å². The zero-order valence-corrected chi connectivity index (χ0v) is 29.1. The van der Waals surface area contributed by atoms with E-state index >= 15 is 0 Å². The quantitative estimate of drug-likeness (QED) is 0.0966. The van der Waals surface area contributed by atoms with Crippen LogP contribution in [-0.4, -0.2) is 28.0 Å². The molecule has 6 aromatic rings. The Morgan fingerprint density at radius 1 is 0.816 bits per heavy atom. The topological polar surface area (TPSA) is 100 Å². The van der Waals surface area contributed by atoms with E-state index < -0.39 is 17.1 Å². The number of halogens is 2. The molecule has 0 radical (unpaired) electrons. The number of thiazole rings is 1. The van der Waals surface area contributed by atoms with Gasteiger partial charge < -0.3 is 16.0 Å². The molecule has 0 bridgehead atoms. The van der Waals surface area contributed by atoms with Gasteiger partial charge in [-0.2, -0.15) is 0 Å². The molecule has 3 N–H and O–H groups in total. The average molecular weight is 724 g/mol. The Balaban J connectivity index is 1.12. The largest absolute Gasteiger partial charge is 0.321 e. The zero-order chi connectivity index (χ0) is 34.3. The second-order valence-corrected chi connectivity index (χ2v) is 14.0. The monoisotopic (exact) mass is 722 g/mol. The summed E-state index contributed by atoms with van der Waals surface area (Å²) < 4.78 is 0. The molecule has 0 saturated carbocycles. The number of aromatic nitrogens is 1. The predicted octanol–water partition coefficient (Wildman–Crippen LogP) is 9.80. The van der Waals surface area contributed by atoms with E-state index in [1.807, 2.05) is 29.6 Å². The number of amides is 3. The summed E-state index contributed by atoms with van der Waals surface area (Å²) in [5.74, 6) is -1.22. The third-order valence-electron chi connectivity index (χ3n) is 7.34. The first kappa shape index (κ1) is 34.0. The van der Waals surface area contributed by atoms with Crippen LogP contribution in [0, 0.1) is 0 Å². The molecule has 0 spiro atoms. The minimum absolute atomic E-state index is 0.0182. The molecule has 5 aromatic carbocycles. The standard InChI is InChI=1S/C38H28Cl2N4O3S2/c1-23(35(45)44-38-43-34(22-48-38)28-15-14-24-8-5-6-11-26(24)18-28)49-31-13-7-12-30(21-31)41-37(47)33(19-27-16-17-29(39)20-32(27)40)42-36(46)25-9-3-2-4-10-25/h2-23H,1H3,(H,41,47)(H,42,46)(H,43,44,45)/b33-19+. The van der Waals surface area contributed by atoms with Gasteiger partial charge in [0.15, 0.2) is 5.13 Å². The molecule has 1 heterocycles. The molecule has 1 unspecified atom stereocenters. The van der Waals surface area contributed by atoms with Crippen molar-refractivity contribution in [2.75, 3.05) is 10.6 Å². The van der Waals surface area contributed by atoms with Crippen LogP contribution in [0.2, 0.25) is 10.0 Å². The highest BCUT2D eigenvalue weighted by molar-refractivity contribution is 8.00. The maximum absolute atomic E-state index is 13.5. The maximum Gasteiger partial charge on any atom is 0.272 e. The van der Waals surface area contributed by atoms with Gasteiger partial charge in [-0.15, -0.1) is 23.1 Å². The summed E-state index contributed by atoms with van der Waals surface area (Å²) in [6.45, 7) is 1.80. The molecule has 0 aliphatic heterocycles. The van der Waals surface area contributed by atoms with Gasteiger partial charge in [0.2, 0.25) is 5.91 Å². The van der Waals surface area contributed by atoms with Crippen molar-refractivity contribution < 1.29 is 14.4 Å². The van der Waals surface area contributed by atoms with Gasteiger partial charge in [0, 0.05) is 37.1 Å². The molecule has 1 atom stereocenters. The van der Waals surface area contributed by atoms with E-state index in [0.717, 1.165) is 26.9 Å². The lowest BCUT2D eigenvalue weighted by atomic mass is 10.1. The first-order valence-corrected chi connectivity index (χ1v) is 17.6. The van der Waals surface area contributed by atoms with Gasteiger partial charge in [-0.3, -0.25) is 14.4 Å². The fourth-order valence-corrected chi connectivity index (χ4v) is 6.95. The van der Waals surface area contributed by atoms with Crippen molar-refractivity contribution in [3.63, 3.8) is 0 Å². The summed E-state index contributed by atoms with van der Waals surface area (Å²) >= 11 is 15.1. The lowest BCUT2D eigenvalue weighted by Crippen LogP contribution is -2.30. The Morgan fingerprint density at radius 2 is 1.59 bits per heavy atom. The Labute approximate surface area is 301 Å². The van der Waals surface area contributed by atoms with Gasteiger partial charge in [0.05, 0.1) is 10.9 Å². The fraction of sp³-hybridized carbons (Fsp3) is 0.0526. The molecule has 7 nitrogen and oxygen atoms in total. The second kappa shape index (κ2) is 15.5. The molecule has 244 valence electrons. The molecule has 0 fully saturated rings. The van der Waals surface area contributed by atoms with Crippen LogP contribution in [0.4, 0.5) is 10.8 Å². The van der Waals surface area contributed by atoms with Crippen molar-refractivity contribution in [2.45, 2.75) is 17.1 Å². The SMILES string of the molecule is CC(Sc1cccc(NC(=O)/C(=C\c2ccc(Cl)cc2Cl)NC(=O)c2ccccc2)c1)C(=O)Nc1nc(-c2ccc3ccccc3c2)cs1. The molecular weight excluding hydrogens is 695 g/mol. The van der Waals surface area contributed by atoms with E-state index in [1.165, 1.54) is 29.2 Å². The number of hydrogen-bond donors (Lipinski definition) is 3. The second-order valence-electron chi connectivity index (χ2n) is 10.9. The van der Waals surface area contributed by atoms with Crippen LogP contribution < -0.4 is 16.0 Å². The van der Waals surface area contributed by atoms with Crippen LogP contribution in [0.5, 0.6) is 0 Å². The first-order chi connectivity index (χ1) is 23.7. The number of nitrogens with zero attached hydrogens (tertiary/aromatic N) is 1. The van der Waals surface area contributed by atoms with Crippen molar-refractivity contribution in [2.24, 2.45) is 0 Å². The van der Waals surface area contributed by atoms with Crippen LogP contribution >= 0.6 is 46.3 Å². The van der Waals surface area contributed by atoms with E-state index in [9.17, 15) is 14.4 Å². The van der Waals surface area contributed by atoms with Crippen LogP contribution in [0.1, 0.15) is 22.8 Å².